The molecule has 0 heterocycles. The smallest absolute Gasteiger partial charge is 0.126 e. The average molecular weight is 276 g/mol. The summed E-state index contributed by atoms with van der Waals surface area (Å²) in [5, 5.41) is 10.5. The van der Waals surface area contributed by atoms with Crippen LogP contribution in [0.5, 0.6) is 0 Å². The number of benzene rings is 2. The number of aryl methyl sites for hydroxylation is 2. The van der Waals surface area contributed by atoms with Crippen molar-refractivity contribution in [2.45, 2.75) is 32.8 Å². The highest BCUT2D eigenvalue weighted by molar-refractivity contribution is 5.33. The summed E-state index contributed by atoms with van der Waals surface area (Å²) in [7, 11) is 0. The van der Waals surface area contributed by atoms with Crippen molar-refractivity contribution in [2.75, 3.05) is 0 Å². The van der Waals surface area contributed by atoms with Gasteiger partial charge in [-0.15, -0.1) is 0 Å². The molecule has 0 aliphatic carbocycles. The van der Waals surface area contributed by atoms with Crippen LogP contribution in [0.4, 0.5) is 8.78 Å². The quantitative estimate of drug-likeness (QED) is 0.897. The SMILES string of the molecule is Cc1ccc(CC(C)(O)c2cc(F)cc(F)c2)cc1C. The van der Waals surface area contributed by atoms with Crippen molar-refractivity contribution in [3.05, 3.63) is 70.3 Å². The first-order valence-electron chi connectivity index (χ1n) is 6.53. The van der Waals surface area contributed by atoms with Gasteiger partial charge in [-0.05, 0) is 55.2 Å². The third kappa shape index (κ3) is 3.23. The predicted octanol–water partition coefficient (Wildman–Crippen LogP) is 4.03. The van der Waals surface area contributed by atoms with Gasteiger partial charge >= 0.3 is 0 Å². The summed E-state index contributed by atoms with van der Waals surface area (Å²) in [5.74, 6) is -1.36. The molecule has 0 saturated carbocycles. The Labute approximate surface area is 117 Å². The van der Waals surface area contributed by atoms with Crippen LogP contribution in [0.25, 0.3) is 0 Å². The van der Waals surface area contributed by atoms with Gasteiger partial charge in [-0.3, -0.25) is 0 Å². The molecule has 0 radical (unpaired) electrons. The van der Waals surface area contributed by atoms with E-state index in [0.717, 1.165) is 17.2 Å². The molecular weight excluding hydrogens is 258 g/mol. The molecule has 2 aromatic rings. The minimum atomic E-state index is -1.31. The van der Waals surface area contributed by atoms with Crippen LogP contribution in [0.3, 0.4) is 0 Å². The number of rotatable bonds is 3. The van der Waals surface area contributed by atoms with Crippen LogP contribution >= 0.6 is 0 Å². The van der Waals surface area contributed by atoms with Crippen molar-refractivity contribution in [3.8, 4) is 0 Å². The zero-order valence-electron chi connectivity index (χ0n) is 11.9. The molecule has 0 aliphatic heterocycles. The normalized spacial score (nSPS) is 14.1. The van der Waals surface area contributed by atoms with E-state index in [0.29, 0.717) is 6.42 Å². The van der Waals surface area contributed by atoms with E-state index < -0.39 is 17.2 Å². The molecule has 1 N–H and O–H groups in total. The molecule has 1 atom stereocenters. The van der Waals surface area contributed by atoms with E-state index in [-0.39, 0.29) is 5.56 Å². The summed E-state index contributed by atoms with van der Waals surface area (Å²) in [6.07, 6.45) is 0.303. The Morgan fingerprint density at radius 2 is 1.55 bits per heavy atom. The fourth-order valence-corrected chi connectivity index (χ4v) is 2.28. The van der Waals surface area contributed by atoms with Gasteiger partial charge in [0.2, 0.25) is 0 Å². The van der Waals surface area contributed by atoms with Gasteiger partial charge in [0.15, 0.2) is 0 Å². The summed E-state index contributed by atoms with van der Waals surface area (Å²) in [4.78, 5) is 0. The maximum Gasteiger partial charge on any atom is 0.126 e. The lowest BCUT2D eigenvalue weighted by Gasteiger charge is -2.24. The molecule has 1 unspecified atom stereocenters. The largest absolute Gasteiger partial charge is 0.385 e. The first-order valence-corrected chi connectivity index (χ1v) is 6.53. The van der Waals surface area contributed by atoms with Crippen molar-refractivity contribution in [1.82, 2.24) is 0 Å². The maximum absolute atomic E-state index is 13.3. The standard InChI is InChI=1S/C17H18F2O/c1-11-4-5-13(6-12(11)2)10-17(3,20)14-7-15(18)9-16(19)8-14/h4-9,20H,10H2,1-3H3. The molecule has 3 heteroatoms. The third-order valence-electron chi connectivity index (χ3n) is 3.60. The van der Waals surface area contributed by atoms with E-state index in [1.54, 1.807) is 6.92 Å². The molecule has 0 fully saturated rings. The summed E-state index contributed by atoms with van der Waals surface area (Å²) >= 11 is 0. The molecule has 0 spiro atoms. The molecular formula is C17H18F2O. The van der Waals surface area contributed by atoms with Gasteiger partial charge < -0.3 is 5.11 Å². The average Bonchev–Trinajstić information content (AvgIpc) is 2.32. The van der Waals surface area contributed by atoms with Gasteiger partial charge in [0.1, 0.15) is 11.6 Å². The van der Waals surface area contributed by atoms with Gasteiger partial charge in [-0.25, -0.2) is 8.78 Å². The van der Waals surface area contributed by atoms with Gasteiger partial charge in [0, 0.05) is 12.5 Å². The van der Waals surface area contributed by atoms with Crippen LogP contribution in [-0.2, 0) is 12.0 Å². The lowest BCUT2D eigenvalue weighted by atomic mass is 9.88. The monoisotopic (exact) mass is 276 g/mol. The Bertz CT molecular complexity index is 613. The minimum Gasteiger partial charge on any atom is -0.385 e. The van der Waals surface area contributed by atoms with E-state index in [1.165, 1.54) is 17.7 Å². The van der Waals surface area contributed by atoms with Crippen LogP contribution < -0.4 is 0 Å². The zero-order chi connectivity index (χ0) is 14.9. The van der Waals surface area contributed by atoms with E-state index in [9.17, 15) is 13.9 Å². The van der Waals surface area contributed by atoms with Crippen molar-refractivity contribution in [1.29, 1.82) is 0 Å². The Hall–Kier alpha value is -1.74. The Kier molecular flexibility index (Phi) is 3.91. The Balaban J connectivity index is 2.32. The lowest BCUT2D eigenvalue weighted by Crippen LogP contribution is -2.24. The summed E-state index contributed by atoms with van der Waals surface area (Å²) in [6, 6.07) is 9.03. The Morgan fingerprint density at radius 3 is 2.10 bits per heavy atom. The first kappa shape index (κ1) is 14.7. The summed E-state index contributed by atoms with van der Waals surface area (Å²) in [5.41, 5.74) is 2.16. The molecule has 0 aliphatic rings. The molecule has 0 bridgehead atoms. The molecule has 0 amide bonds. The van der Waals surface area contributed by atoms with Crippen LogP contribution in [0.15, 0.2) is 36.4 Å². The molecule has 1 nitrogen and oxygen atoms in total. The van der Waals surface area contributed by atoms with E-state index >= 15 is 0 Å². The number of hydrogen-bond donors (Lipinski definition) is 1. The fraction of sp³-hybridized carbons (Fsp3) is 0.294. The zero-order valence-corrected chi connectivity index (χ0v) is 11.9. The van der Waals surface area contributed by atoms with Crippen molar-refractivity contribution in [3.63, 3.8) is 0 Å². The Morgan fingerprint density at radius 1 is 0.950 bits per heavy atom. The number of halogens is 2. The van der Waals surface area contributed by atoms with E-state index in [2.05, 4.69) is 0 Å². The van der Waals surface area contributed by atoms with Gasteiger partial charge in [-0.2, -0.15) is 0 Å². The number of hydrogen-bond acceptors (Lipinski definition) is 1. The molecule has 20 heavy (non-hydrogen) atoms. The van der Waals surface area contributed by atoms with Crippen molar-refractivity contribution >= 4 is 0 Å². The number of aliphatic hydroxyl groups is 1. The molecule has 0 saturated heterocycles. The molecule has 106 valence electrons. The highest BCUT2D eigenvalue weighted by atomic mass is 19.1. The van der Waals surface area contributed by atoms with Gasteiger partial charge in [0.05, 0.1) is 5.60 Å². The predicted molar refractivity (Wildman–Crippen MR) is 75.5 cm³/mol. The van der Waals surface area contributed by atoms with Crippen LogP contribution in [0.1, 0.15) is 29.2 Å². The highest BCUT2D eigenvalue weighted by Gasteiger charge is 2.25. The van der Waals surface area contributed by atoms with Crippen LogP contribution in [0.2, 0.25) is 0 Å². The second-order valence-electron chi connectivity index (χ2n) is 5.53. The topological polar surface area (TPSA) is 20.2 Å². The van der Waals surface area contributed by atoms with E-state index in [1.807, 2.05) is 32.0 Å². The fourth-order valence-electron chi connectivity index (χ4n) is 2.28. The third-order valence-corrected chi connectivity index (χ3v) is 3.60. The van der Waals surface area contributed by atoms with E-state index in [4.69, 9.17) is 0 Å². The molecule has 2 aromatic carbocycles. The summed E-state index contributed by atoms with van der Waals surface area (Å²) < 4.78 is 26.5. The van der Waals surface area contributed by atoms with Gasteiger partial charge in [-0.1, -0.05) is 18.2 Å². The van der Waals surface area contributed by atoms with Crippen LogP contribution in [-0.4, -0.2) is 5.11 Å². The minimum absolute atomic E-state index is 0.244. The summed E-state index contributed by atoms with van der Waals surface area (Å²) in [6.45, 7) is 5.57. The highest BCUT2D eigenvalue weighted by Crippen LogP contribution is 2.27. The van der Waals surface area contributed by atoms with Crippen LogP contribution in [0, 0.1) is 25.5 Å². The first-order chi connectivity index (χ1) is 9.28. The second kappa shape index (κ2) is 5.33. The molecule has 0 aromatic heterocycles. The lowest BCUT2D eigenvalue weighted by molar-refractivity contribution is 0.0569. The van der Waals surface area contributed by atoms with Gasteiger partial charge in [0.25, 0.3) is 0 Å². The van der Waals surface area contributed by atoms with Crippen molar-refractivity contribution < 1.29 is 13.9 Å². The molecule has 2 rings (SSSR count). The second-order valence-corrected chi connectivity index (χ2v) is 5.53. The maximum atomic E-state index is 13.3. The van der Waals surface area contributed by atoms with Crippen molar-refractivity contribution in [2.24, 2.45) is 0 Å².